The van der Waals surface area contributed by atoms with Crippen molar-refractivity contribution in [3.63, 3.8) is 0 Å². The third-order valence-corrected chi connectivity index (χ3v) is 2.63. The third kappa shape index (κ3) is 9.93. The molecule has 9 heteroatoms. The fourth-order valence-electron chi connectivity index (χ4n) is 1.52. The fraction of sp³-hybridized carbons (Fsp3) is 0.438. The lowest BCUT2D eigenvalue weighted by atomic mass is 10.3. The number of carbonyl (C=O) groups is 1. The Morgan fingerprint density at radius 1 is 1.00 bits per heavy atom. The Balaban J connectivity index is 2.00. The SMILES string of the molecule is C#CCOCCOCCOCCOC(=O)Oc1ccc([N+](=O)[O-])cc1. The van der Waals surface area contributed by atoms with Crippen molar-refractivity contribution in [1.29, 1.82) is 0 Å². The van der Waals surface area contributed by atoms with Crippen LogP contribution >= 0.6 is 0 Å². The predicted molar refractivity (Wildman–Crippen MR) is 86.4 cm³/mol. The molecule has 0 bridgehead atoms. The summed E-state index contributed by atoms with van der Waals surface area (Å²) in [5.74, 6) is 2.49. The maximum Gasteiger partial charge on any atom is 0.513 e. The molecule has 25 heavy (non-hydrogen) atoms. The first-order chi connectivity index (χ1) is 12.1. The quantitative estimate of drug-likeness (QED) is 0.140. The molecule has 0 fully saturated rings. The number of rotatable bonds is 12. The molecule has 0 atom stereocenters. The van der Waals surface area contributed by atoms with Crippen molar-refractivity contribution < 1.29 is 33.4 Å². The van der Waals surface area contributed by atoms with Crippen LogP contribution in [-0.4, -0.2) is 57.3 Å². The van der Waals surface area contributed by atoms with E-state index in [1.54, 1.807) is 0 Å². The summed E-state index contributed by atoms with van der Waals surface area (Å²) in [4.78, 5) is 21.4. The Bertz CT molecular complexity index is 566. The van der Waals surface area contributed by atoms with E-state index in [1.807, 2.05) is 0 Å². The van der Waals surface area contributed by atoms with E-state index in [-0.39, 0.29) is 31.3 Å². The monoisotopic (exact) mass is 353 g/mol. The van der Waals surface area contributed by atoms with Crippen LogP contribution < -0.4 is 4.74 Å². The van der Waals surface area contributed by atoms with Crippen molar-refractivity contribution in [2.45, 2.75) is 0 Å². The summed E-state index contributed by atoms with van der Waals surface area (Å²) in [5, 5.41) is 10.5. The lowest BCUT2D eigenvalue weighted by molar-refractivity contribution is -0.384. The minimum Gasteiger partial charge on any atom is -0.432 e. The smallest absolute Gasteiger partial charge is 0.432 e. The lowest BCUT2D eigenvalue weighted by Crippen LogP contribution is -2.16. The van der Waals surface area contributed by atoms with Crippen LogP contribution in [0.5, 0.6) is 5.75 Å². The van der Waals surface area contributed by atoms with E-state index in [9.17, 15) is 14.9 Å². The normalized spacial score (nSPS) is 10.0. The highest BCUT2D eigenvalue weighted by atomic mass is 16.7. The minimum absolute atomic E-state index is 0.0110. The molecule has 0 radical (unpaired) electrons. The van der Waals surface area contributed by atoms with Crippen LogP contribution in [0.4, 0.5) is 10.5 Å². The fourth-order valence-corrected chi connectivity index (χ4v) is 1.52. The molecule has 0 saturated heterocycles. The molecule has 1 aromatic carbocycles. The molecular weight excluding hydrogens is 334 g/mol. The van der Waals surface area contributed by atoms with Gasteiger partial charge in [0.2, 0.25) is 0 Å². The molecular formula is C16H19NO8. The Kier molecular flexibility index (Phi) is 10.4. The standard InChI is InChI=1S/C16H19NO8/c1-2-7-21-8-9-22-10-11-23-12-13-24-16(18)25-15-5-3-14(4-6-15)17(19)20/h1,3-6H,7-13H2. The molecule has 0 aliphatic rings. The van der Waals surface area contributed by atoms with Crippen LogP contribution in [0.3, 0.4) is 0 Å². The average Bonchev–Trinajstić information content (AvgIpc) is 2.60. The van der Waals surface area contributed by atoms with Crippen molar-refractivity contribution in [3.8, 4) is 18.1 Å². The van der Waals surface area contributed by atoms with Crippen LogP contribution in [-0.2, 0) is 18.9 Å². The van der Waals surface area contributed by atoms with E-state index in [4.69, 9.17) is 30.1 Å². The van der Waals surface area contributed by atoms with Gasteiger partial charge in [-0.25, -0.2) is 4.79 Å². The number of hydrogen-bond acceptors (Lipinski definition) is 8. The molecule has 136 valence electrons. The first-order valence-corrected chi connectivity index (χ1v) is 7.39. The van der Waals surface area contributed by atoms with Crippen molar-refractivity contribution in [3.05, 3.63) is 34.4 Å². The molecule has 1 aromatic rings. The van der Waals surface area contributed by atoms with Gasteiger partial charge in [-0.1, -0.05) is 5.92 Å². The minimum atomic E-state index is -0.917. The maximum atomic E-state index is 11.4. The van der Waals surface area contributed by atoms with E-state index in [1.165, 1.54) is 24.3 Å². The first-order valence-electron chi connectivity index (χ1n) is 7.39. The molecule has 0 aliphatic heterocycles. The van der Waals surface area contributed by atoms with Gasteiger partial charge in [0.25, 0.3) is 5.69 Å². The van der Waals surface area contributed by atoms with Crippen LogP contribution in [0.15, 0.2) is 24.3 Å². The molecule has 0 aromatic heterocycles. The number of ether oxygens (including phenoxy) is 5. The van der Waals surface area contributed by atoms with Crippen LogP contribution in [0, 0.1) is 22.5 Å². The first kappa shape index (κ1) is 20.4. The summed E-state index contributed by atoms with van der Waals surface area (Å²) in [6.45, 7) is 2.02. The van der Waals surface area contributed by atoms with Gasteiger partial charge in [0.15, 0.2) is 0 Å². The molecule has 0 unspecified atom stereocenters. The van der Waals surface area contributed by atoms with E-state index >= 15 is 0 Å². The molecule has 0 saturated carbocycles. The largest absolute Gasteiger partial charge is 0.513 e. The Morgan fingerprint density at radius 3 is 2.12 bits per heavy atom. The lowest BCUT2D eigenvalue weighted by Gasteiger charge is -2.07. The second-order valence-electron chi connectivity index (χ2n) is 4.43. The maximum absolute atomic E-state index is 11.4. The molecule has 0 N–H and O–H groups in total. The average molecular weight is 353 g/mol. The summed E-state index contributed by atoms with van der Waals surface area (Å²) in [6.07, 6.45) is 4.10. The highest BCUT2D eigenvalue weighted by Gasteiger charge is 2.09. The molecule has 1 rings (SSSR count). The number of benzene rings is 1. The van der Waals surface area contributed by atoms with E-state index in [2.05, 4.69) is 5.92 Å². The van der Waals surface area contributed by atoms with Gasteiger partial charge in [0.1, 0.15) is 19.0 Å². The zero-order valence-corrected chi connectivity index (χ0v) is 13.5. The van der Waals surface area contributed by atoms with Crippen molar-refractivity contribution in [1.82, 2.24) is 0 Å². The highest BCUT2D eigenvalue weighted by molar-refractivity contribution is 5.63. The van der Waals surface area contributed by atoms with Gasteiger partial charge < -0.3 is 23.7 Å². The number of nitrogens with zero attached hydrogens (tertiary/aromatic N) is 1. The predicted octanol–water partition coefficient (Wildman–Crippen LogP) is 1.79. The highest BCUT2D eigenvalue weighted by Crippen LogP contribution is 2.17. The summed E-state index contributed by atoms with van der Waals surface area (Å²) in [5.41, 5.74) is -0.0982. The van der Waals surface area contributed by atoms with Gasteiger partial charge in [-0.15, -0.1) is 6.42 Å². The van der Waals surface area contributed by atoms with E-state index < -0.39 is 11.1 Å². The molecule has 0 heterocycles. The van der Waals surface area contributed by atoms with Gasteiger partial charge in [-0.2, -0.15) is 0 Å². The number of terminal acetylenes is 1. The number of carbonyl (C=O) groups excluding carboxylic acids is 1. The second-order valence-corrected chi connectivity index (χ2v) is 4.43. The molecule has 0 spiro atoms. The zero-order valence-electron chi connectivity index (χ0n) is 13.5. The zero-order chi connectivity index (χ0) is 18.3. The van der Waals surface area contributed by atoms with Crippen LogP contribution in [0.25, 0.3) is 0 Å². The van der Waals surface area contributed by atoms with Crippen LogP contribution in [0.1, 0.15) is 0 Å². The third-order valence-electron chi connectivity index (χ3n) is 2.63. The van der Waals surface area contributed by atoms with Crippen molar-refractivity contribution in [2.24, 2.45) is 0 Å². The summed E-state index contributed by atoms with van der Waals surface area (Å²) >= 11 is 0. The number of nitro groups is 1. The molecule has 0 aliphatic carbocycles. The van der Waals surface area contributed by atoms with Crippen molar-refractivity contribution in [2.75, 3.05) is 46.2 Å². The van der Waals surface area contributed by atoms with Gasteiger partial charge in [-0.05, 0) is 12.1 Å². The van der Waals surface area contributed by atoms with Gasteiger partial charge in [-0.3, -0.25) is 10.1 Å². The Hall–Kier alpha value is -2.67. The van der Waals surface area contributed by atoms with E-state index in [0.717, 1.165) is 0 Å². The summed E-state index contributed by atoms with van der Waals surface area (Å²) < 4.78 is 25.1. The number of hydrogen-bond donors (Lipinski definition) is 0. The van der Waals surface area contributed by atoms with Gasteiger partial charge >= 0.3 is 6.16 Å². The molecule has 9 nitrogen and oxygen atoms in total. The number of non-ortho nitro benzene ring substituents is 1. The second kappa shape index (κ2) is 12.7. The topological polar surface area (TPSA) is 106 Å². The van der Waals surface area contributed by atoms with Crippen LogP contribution in [0.2, 0.25) is 0 Å². The summed E-state index contributed by atoms with van der Waals surface area (Å²) in [6, 6.07) is 5.06. The van der Waals surface area contributed by atoms with Gasteiger partial charge in [0.05, 0.1) is 38.0 Å². The van der Waals surface area contributed by atoms with Gasteiger partial charge in [0, 0.05) is 12.1 Å². The Morgan fingerprint density at radius 2 is 1.56 bits per heavy atom. The number of nitro benzene ring substituents is 1. The molecule has 0 amide bonds. The van der Waals surface area contributed by atoms with Crippen molar-refractivity contribution >= 4 is 11.8 Å². The summed E-state index contributed by atoms with van der Waals surface area (Å²) in [7, 11) is 0. The van der Waals surface area contributed by atoms with E-state index in [0.29, 0.717) is 26.4 Å². The Labute approximate surface area is 144 Å².